The molecule has 0 amide bonds. The van der Waals surface area contributed by atoms with Crippen molar-refractivity contribution in [2.24, 2.45) is 5.92 Å². The second-order valence-corrected chi connectivity index (χ2v) is 8.17. The van der Waals surface area contributed by atoms with Crippen molar-refractivity contribution < 1.29 is 14.3 Å². The molecule has 0 fully saturated rings. The van der Waals surface area contributed by atoms with E-state index in [1.165, 1.54) is 18.4 Å². The number of fused-ring (bicyclic) bond motifs is 1. The molecule has 1 aromatic heterocycles. The second-order valence-electron chi connectivity index (χ2n) is 6.57. The van der Waals surface area contributed by atoms with Gasteiger partial charge in [0.25, 0.3) is 0 Å². The van der Waals surface area contributed by atoms with Gasteiger partial charge in [-0.2, -0.15) is 0 Å². The van der Waals surface area contributed by atoms with E-state index < -0.39 is 0 Å². The molecule has 3 aromatic rings. The van der Waals surface area contributed by atoms with Gasteiger partial charge in [-0.25, -0.2) is 4.79 Å². The van der Waals surface area contributed by atoms with Crippen LogP contribution in [-0.2, 0) is 17.6 Å². The molecule has 1 aliphatic carbocycles. The Balaban J connectivity index is 1.62. The number of Topliss-reactive ketones (excluding diaryl/α,β-unsaturated/α-hetero) is 1. The summed E-state index contributed by atoms with van der Waals surface area (Å²) in [5.41, 5.74) is 3.96. The lowest BCUT2D eigenvalue weighted by atomic mass is 9.96. The number of carbonyl (C=O) groups excluding carboxylic acids is 2. The normalized spacial score (nSPS) is 15.6. The Morgan fingerprint density at radius 3 is 2.70 bits per heavy atom. The predicted octanol–water partition coefficient (Wildman–Crippen LogP) is 5.45. The summed E-state index contributed by atoms with van der Waals surface area (Å²) in [4.78, 5) is 26.2. The molecule has 136 valence electrons. The first-order valence-corrected chi connectivity index (χ1v) is 9.85. The highest BCUT2D eigenvalue weighted by Crippen LogP contribution is 2.37. The monoisotopic (exact) mass is 396 g/mol. The lowest BCUT2D eigenvalue weighted by Crippen LogP contribution is -2.11. The minimum absolute atomic E-state index is 0.107. The van der Waals surface area contributed by atoms with Crippen LogP contribution in [0.4, 0.5) is 0 Å². The summed E-state index contributed by atoms with van der Waals surface area (Å²) in [6, 6.07) is 17.2. The van der Waals surface area contributed by atoms with E-state index in [9.17, 15) is 9.59 Å². The topological polar surface area (TPSA) is 43.4 Å². The molecule has 3 nitrogen and oxygen atoms in total. The molecule has 0 radical (unpaired) electrons. The van der Waals surface area contributed by atoms with Crippen molar-refractivity contribution in [1.29, 1.82) is 0 Å². The van der Waals surface area contributed by atoms with Gasteiger partial charge >= 0.3 is 5.97 Å². The number of hydrogen-bond donors (Lipinski definition) is 0. The number of thiophene rings is 1. The lowest BCUT2D eigenvalue weighted by molar-refractivity contribution is 0.0606. The highest BCUT2D eigenvalue weighted by molar-refractivity contribution is 7.13. The second kappa shape index (κ2) is 7.29. The Morgan fingerprint density at radius 1 is 1.15 bits per heavy atom. The molecular weight excluding hydrogens is 380 g/mol. The van der Waals surface area contributed by atoms with Gasteiger partial charge in [-0.05, 0) is 53.8 Å². The van der Waals surface area contributed by atoms with E-state index in [1.807, 2.05) is 48.5 Å². The third kappa shape index (κ3) is 3.43. The van der Waals surface area contributed by atoms with Gasteiger partial charge in [0.15, 0.2) is 5.78 Å². The maximum Gasteiger partial charge on any atom is 0.348 e. The third-order valence-electron chi connectivity index (χ3n) is 4.89. The average molecular weight is 397 g/mol. The van der Waals surface area contributed by atoms with Gasteiger partial charge < -0.3 is 4.74 Å². The number of halogens is 1. The van der Waals surface area contributed by atoms with Crippen molar-refractivity contribution in [3.63, 3.8) is 0 Å². The maximum atomic E-state index is 12.9. The Hall–Kier alpha value is -2.43. The van der Waals surface area contributed by atoms with Gasteiger partial charge in [0.1, 0.15) is 4.88 Å². The summed E-state index contributed by atoms with van der Waals surface area (Å²) >= 11 is 7.54. The van der Waals surface area contributed by atoms with Gasteiger partial charge in [0.05, 0.1) is 7.11 Å². The number of benzene rings is 2. The van der Waals surface area contributed by atoms with Crippen LogP contribution in [0.5, 0.6) is 0 Å². The Bertz CT molecular complexity index is 1040. The first kappa shape index (κ1) is 18.0. The van der Waals surface area contributed by atoms with Crippen molar-refractivity contribution in [3.8, 4) is 11.1 Å². The molecule has 0 saturated heterocycles. The Kier molecular flexibility index (Phi) is 4.85. The minimum atomic E-state index is -0.337. The number of esters is 1. The average Bonchev–Trinajstić information content (AvgIpc) is 3.26. The molecular formula is C22H17ClO3S. The van der Waals surface area contributed by atoms with Crippen LogP contribution < -0.4 is 0 Å². The molecule has 0 aliphatic heterocycles. The minimum Gasteiger partial charge on any atom is -0.465 e. The molecule has 1 atom stereocenters. The molecule has 0 bridgehead atoms. The maximum absolute atomic E-state index is 12.9. The van der Waals surface area contributed by atoms with E-state index >= 15 is 0 Å². The molecule has 1 heterocycles. The van der Waals surface area contributed by atoms with Gasteiger partial charge in [0, 0.05) is 21.4 Å². The van der Waals surface area contributed by atoms with Crippen LogP contribution in [0.25, 0.3) is 11.1 Å². The zero-order valence-electron chi connectivity index (χ0n) is 14.7. The molecule has 1 unspecified atom stereocenters. The molecule has 1 aliphatic rings. The van der Waals surface area contributed by atoms with E-state index in [4.69, 9.17) is 16.3 Å². The van der Waals surface area contributed by atoms with Gasteiger partial charge in [0.2, 0.25) is 0 Å². The van der Waals surface area contributed by atoms with E-state index in [0.717, 1.165) is 27.1 Å². The zero-order valence-corrected chi connectivity index (χ0v) is 16.3. The predicted molar refractivity (Wildman–Crippen MR) is 108 cm³/mol. The first-order chi connectivity index (χ1) is 13.1. The standard InChI is InChI=1S/C22H17ClO3S/c1-26-22(25)20-9-8-16(27-20)11-14-12-19-17(6-3-7-18(19)21(14)24)13-4-2-5-15(23)10-13/h2-10,14H,11-12H2,1H3. The van der Waals surface area contributed by atoms with Gasteiger partial charge in [-0.1, -0.05) is 41.9 Å². The number of carbonyl (C=O) groups is 2. The van der Waals surface area contributed by atoms with Crippen molar-refractivity contribution in [2.45, 2.75) is 12.8 Å². The molecule has 5 heteroatoms. The first-order valence-electron chi connectivity index (χ1n) is 8.66. The van der Waals surface area contributed by atoms with Gasteiger partial charge in [-0.15, -0.1) is 11.3 Å². The number of hydrogen-bond acceptors (Lipinski definition) is 4. The van der Waals surface area contributed by atoms with Crippen LogP contribution in [0.3, 0.4) is 0 Å². The third-order valence-corrected chi connectivity index (χ3v) is 6.22. The quantitative estimate of drug-likeness (QED) is 0.550. The van der Waals surface area contributed by atoms with E-state index in [-0.39, 0.29) is 17.7 Å². The van der Waals surface area contributed by atoms with Crippen LogP contribution >= 0.6 is 22.9 Å². The van der Waals surface area contributed by atoms with Gasteiger partial charge in [-0.3, -0.25) is 4.79 Å². The fraction of sp³-hybridized carbons (Fsp3) is 0.182. The van der Waals surface area contributed by atoms with E-state index in [1.54, 1.807) is 6.07 Å². The van der Waals surface area contributed by atoms with Crippen molar-refractivity contribution >= 4 is 34.7 Å². The SMILES string of the molecule is COC(=O)c1ccc(CC2Cc3c(cccc3-c3cccc(Cl)c3)C2=O)s1. The molecule has 27 heavy (non-hydrogen) atoms. The number of rotatable bonds is 4. The highest BCUT2D eigenvalue weighted by Gasteiger charge is 2.32. The summed E-state index contributed by atoms with van der Waals surface area (Å²) in [7, 11) is 1.37. The highest BCUT2D eigenvalue weighted by atomic mass is 35.5. The lowest BCUT2D eigenvalue weighted by Gasteiger charge is -2.09. The van der Waals surface area contributed by atoms with Crippen LogP contribution in [0, 0.1) is 5.92 Å². The van der Waals surface area contributed by atoms with Crippen LogP contribution in [0.15, 0.2) is 54.6 Å². The fourth-order valence-corrected chi connectivity index (χ4v) is 4.82. The smallest absolute Gasteiger partial charge is 0.348 e. The summed E-state index contributed by atoms with van der Waals surface area (Å²) in [5, 5.41) is 0.680. The summed E-state index contributed by atoms with van der Waals surface area (Å²) in [6.07, 6.45) is 1.33. The molecule has 0 N–H and O–H groups in total. The van der Waals surface area contributed by atoms with Crippen molar-refractivity contribution in [2.75, 3.05) is 7.11 Å². The summed E-state index contributed by atoms with van der Waals surface area (Å²) in [5.74, 6) is -0.276. The number of methoxy groups -OCH3 is 1. The van der Waals surface area contributed by atoms with Crippen LogP contribution in [0.2, 0.25) is 5.02 Å². The van der Waals surface area contributed by atoms with Crippen molar-refractivity contribution in [1.82, 2.24) is 0 Å². The van der Waals surface area contributed by atoms with Crippen molar-refractivity contribution in [3.05, 3.63) is 80.5 Å². The van der Waals surface area contributed by atoms with E-state index in [0.29, 0.717) is 22.7 Å². The molecule has 4 rings (SSSR count). The number of ketones is 1. The summed E-state index contributed by atoms with van der Waals surface area (Å²) in [6.45, 7) is 0. The summed E-state index contributed by atoms with van der Waals surface area (Å²) < 4.78 is 4.76. The largest absolute Gasteiger partial charge is 0.465 e. The Labute approximate surface area is 166 Å². The Morgan fingerprint density at radius 2 is 1.93 bits per heavy atom. The van der Waals surface area contributed by atoms with E-state index in [2.05, 4.69) is 0 Å². The number of ether oxygens (including phenoxy) is 1. The zero-order chi connectivity index (χ0) is 19.0. The van der Waals surface area contributed by atoms with Crippen LogP contribution in [0.1, 0.15) is 30.5 Å². The molecule has 2 aromatic carbocycles. The van der Waals surface area contributed by atoms with Crippen LogP contribution in [-0.4, -0.2) is 18.9 Å². The fourth-order valence-electron chi connectivity index (χ4n) is 3.63. The molecule has 0 saturated carbocycles. The molecule has 0 spiro atoms.